The number of para-hydroxylation sites is 2. The number of nitrogens with one attached hydrogen (secondary N) is 9. The average molecular weight is 2140 g/mol. The van der Waals surface area contributed by atoms with E-state index in [0.29, 0.717) is 133 Å². The van der Waals surface area contributed by atoms with Crippen molar-refractivity contribution in [3.05, 3.63) is 214 Å². The number of hydrogen-bond acceptors (Lipinski definition) is 34. The Bertz CT molecular complexity index is 6920. The van der Waals surface area contributed by atoms with Crippen LogP contribution in [0.25, 0.3) is 0 Å². The number of anilines is 18. The van der Waals surface area contributed by atoms with Gasteiger partial charge in [-0.3, -0.25) is 4.90 Å². The molecule has 1 aliphatic carbocycles. The minimum atomic E-state index is -3.71. The quantitative estimate of drug-likeness (QED) is 0.0177. The zero-order valence-corrected chi connectivity index (χ0v) is 91.1. The maximum atomic E-state index is 12.9. The van der Waals surface area contributed by atoms with E-state index in [1.54, 1.807) is 138 Å². The number of hydrogen-bond donors (Lipinski definition) is 9. The number of sulfone groups is 1. The molecule has 0 radical (unpaired) electrons. The van der Waals surface area contributed by atoms with E-state index >= 15 is 0 Å². The number of aromatic nitrogens is 8. The predicted octanol–water partition coefficient (Wildman–Crippen LogP) is 20.5. The molecule has 16 rings (SSSR count). The standard InChI is InChI=1S/C28H37ClN7O2P.C26H33ClN5O2P.C24H29ClN5O4P.C23H25ClN5O4PS/c1-38-25-18-21(35-14-10-20(11-15-35)36-16-12-30-13-17-36)8-9-23(25)33-28-31-19-22(29)27(34-28)32-24-6-4-5-7-26(24)39(2,3)37;1-32(2)19-12-10-17(14-19)18-11-13-21(23(15-18)34-3)30-26-28-16-20(27)25(31-26)29-22-8-6-7-9-24(22)35(4,5)33;1-32-21-13-16(30-9-11-34-12-10-30)5-7-19(21)27-23-18(25)15-26-24(29-23)28-20-8-6-17(35(3,4)31)14-22(20)33-2;1-14(2)35(31,32)21-10-15(12-25)6-8-19(21)27-22-17(24)13-26-23(29-22)28-18-9-7-16(34(4,5)30)11-20(18)33-3/h4-9,18-20,30H,10-17H2,1-3H3,(H2,31,32,33,34);6-9,11,13,15-17,19H,10,12,14H2,1-5H3,(H2,28,29,30,31);5-8,13-15H,9-12H2,1-4H3,(H2,26,27,28,29);6-11,13-14H,1-5H3,(H2,26,27,28,29)/t;17?,19-;;/m.1../s1. The predicted molar refractivity (Wildman–Crippen MR) is 589 cm³/mol. The molecule has 3 saturated heterocycles. The zero-order valence-electron chi connectivity index (χ0n) is 83.7. The number of piperazine rings is 1. The highest BCUT2D eigenvalue weighted by molar-refractivity contribution is 7.92. The Labute approximate surface area is 862 Å². The van der Waals surface area contributed by atoms with Crippen molar-refractivity contribution >= 4 is 210 Å². The highest BCUT2D eigenvalue weighted by Gasteiger charge is 2.32. The average Bonchev–Trinajstić information content (AvgIpc) is 0.922. The summed E-state index contributed by atoms with van der Waals surface area (Å²) in [7, 11) is -1.29. The van der Waals surface area contributed by atoms with Crippen molar-refractivity contribution < 1.29 is 55.1 Å². The van der Waals surface area contributed by atoms with Gasteiger partial charge in [-0.15, -0.1) is 0 Å². The van der Waals surface area contributed by atoms with Gasteiger partial charge >= 0.3 is 0 Å². The van der Waals surface area contributed by atoms with Crippen LogP contribution in [-0.4, -0.2) is 244 Å². The topological polar surface area (TPSA) is 406 Å². The molecule has 1 saturated carbocycles. The van der Waals surface area contributed by atoms with Gasteiger partial charge in [0.05, 0.1) is 141 Å². The molecule has 0 amide bonds. The fourth-order valence-electron chi connectivity index (χ4n) is 16.7. The van der Waals surface area contributed by atoms with E-state index in [4.69, 9.17) is 74.8 Å². The monoisotopic (exact) mass is 2130 g/mol. The van der Waals surface area contributed by atoms with Crippen molar-refractivity contribution in [3.63, 3.8) is 0 Å². The van der Waals surface area contributed by atoms with Gasteiger partial charge in [-0.1, -0.05) is 76.7 Å². The number of ether oxygens (including phenoxy) is 6. The molecule has 0 bridgehead atoms. The Kier molecular flexibility index (Phi) is 37.4. The van der Waals surface area contributed by atoms with Crippen LogP contribution in [0.15, 0.2) is 187 Å². The highest BCUT2D eigenvalue weighted by Crippen LogP contribution is 2.47. The van der Waals surface area contributed by atoms with Gasteiger partial charge in [0.25, 0.3) is 0 Å². The van der Waals surface area contributed by atoms with Crippen LogP contribution in [0.2, 0.25) is 20.1 Å². The lowest BCUT2D eigenvalue weighted by molar-refractivity contribution is 0.122. The van der Waals surface area contributed by atoms with E-state index in [2.05, 4.69) is 146 Å². The first-order chi connectivity index (χ1) is 68.6. The minimum Gasteiger partial charge on any atom is -0.495 e. The van der Waals surface area contributed by atoms with Gasteiger partial charge in [0.15, 0.2) is 33.1 Å². The fourth-order valence-corrected chi connectivity index (χ4v) is 22.5. The highest BCUT2D eigenvalue weighted by atomic mass is 35.5. The van der Waals surface area contributed by atoms with E-state index in [1.165, 1.54) is 68.9 Å². The number of methoxy groups -OCH3 is 5. The number of halogens is 4. The third kappa shape index (κ3) is 28.8. The molecule has 43 heteroatoms. The Morgan fingerprint density at radius 2 is 0.806 bits per heavy atom. The molecule has 0 spiro atoms. The minimum absolute atomic E-state index is 0.0310. The summed E-state index contributed by atoms with van der Waals surface area (Å²) in [5, 5.41) is 41.5. The van der Waals surface area contributed by atoms with Crippen molar-refractivity contribution in [1.82, 2.24) is 55.0 Å². The van der Waals surface area contributed by atoms with Crippen LogP contribution in [0.4, 0.5) is 104 Å². The summed E-state index contributed by atoms with van der Waals surface area (Å²) in [5.41, 5.74) is 8.80. The molecule has 4 fully saturated rings. The number of piperidine rings is 1. The molecule has 9 N–H and O–H groups in total. The van der Waals surface area contributed by atoms with Crippen molar-refractivity contribution in [1.29, 1.82) is 5.26 Å². The number of nitrogens with zero attached hydrogens (tertiary/aromatic N) is 13. The van der Waals surface area contributed by atoms with Gasteiger partial charge in [-0.25, -0.2) is 28.4 Å². The van der Waals surface area contributed by atoms with E-state index in [9.17, 15) is 31.9 Å². The van der Waals surface area contributed by atoms with Crippen molar-refractivity contribution in [2.45, 2.75) is 74.1 Å². The van der Waals surface area contributed by atoms with E-state index in [-0.39, 0.29) is 32.9 Å². The van der Waals surface area contributed by atoms with Crippen molar-refractivity contribution in [3.8, 4) is 34.8 Å². The van der Waals surface area contributed by atoms with Gasteiger partial charge < -0.3 is 109 Å². The molecule has 7 heterocycles. The van der Waals surface area contributed by atoms with Crippen LogP contribution in [0.3, 0.4) is 0 Å². The Hall–Kier alpha value is -11.6. The normalized spacial score (nSPS) is 15.3. The first kappa shape index (κ1) is 110. The van der Waals surface area contributed by atoms with Gasteiger partial charge in [0, 0.05) is 109 Å². The second kappa shape index (κ2) is 49.1. The molecule has 4 aromatic heterocycles. The maximum absolute atomic E-state index is 12.9. The summed E-state index contributed by atoms with van der Waals surface area (Å²) in [4.78, 5) is 44.9. The first-order valence-electron chi connectivity index (χ1n) is 46.7. The summed E-state index contributed by atoms with van der Waals surface area (Å²) >= 11 is 25.5. The van der Waals surface area contributed by atoms with E-state index in [1.807, 2.05) is 91.0 Å². The zero-order chi connectivity index (χ0) is 104. The van der Waals surface area contributed by atoms with Crippen molar-refractivity contribution in [2.75, 3.05) is 221 Å². The van der Waals surface area contributed by atoms with Crippen LogP contribution in [0.5, 0.6) is 28.7 Å². The third-order valence-corrected chi connectivity index (χ3v) is 34.1. The SMILES string of the molecule is COc1cc(C2CC[C@@H](N(C)C)C2)ccc1Nc1ncc(Cl)c(Nc2ccccc2P(C)(C)=O)n1.COc1cc(N2CCC(N3CCNCC3)CC2)ccc1Nc1ncc(Cl)c(Nc2ccccc2P(C)(C)=O)n1.COc1cc(P(C)(C)=O)ccc1Nc1ncc(Cl)c(Nc2ccc(C#N)cc2S(=O)(=O)C(C)C)n1.COc1cc(P(C)(C)=O)ccc1Nc1ncc(Cl)c(Nc2ccc(N3CCOCC3)cc2OC)n1. The van der Waals surface area contributed by atoms with Crippen LogP contribution >= 0.6 is 75.0 Å². The van der Waals surface area contributed by atoms with Gasteiger partial charge in [-0.05, 0) is 240 Å². The second-order valence-corrected chi connectivity index (χ2v) is 53.5. The molecule has 34 nitrogen and oxygen atoms in total. The van der Waals surface area contributed by atoms with E-state index in [0.717, 1.165) is 109 Å². The lowest BCUT2D eigenvalue weighted by Gasteiger charge is -2.41. The van der Waals surface area contributed by atoms with Gasteiger partial charge in [0.2, 0.25) is 23.8 Å². The summed E-state index contributed by atoms with van der Waals surface area (Å²) < 4.78 is 110. The molecule has 8 aromatic carbocycles. The van der Waals surface area contributed by atoms with Crippen LogP contribution in [0.1, 0.15) is 63.0 Å². The van der Waals surface area contributed by atoms with Gasteiger partial charge in [0.1, 0.15) is 77.4 Å². The summed E-state index contributed by atoms with van der Waals surface area (Å²) in [6.45, 7) is 26.5. The Balaban J connectivity index is 0.000000161. The molecular formula is C101H124Cl4N22O12P4S. The second-order valence-electron chi connectivity index (χ2n) is 36.6. The summed E-state index contributed by atoms with van der Waals surface area (Å²) in [5.74, 6) is 6.34. The largest absolute Gasteiger partial charge is 0.495 e. The number of rotatable bonds is 32. The van der Waals surface area contributed by atoms with Crippen LogP contribution in [-0.2, 0) is 32.8 Å². The molecular weight excluding hydrogens is 2010 g/mol. The van der Waals surface area contributed by atoms with Crippen molar-refractivity contribution in [2.24, 2.45) is 0 Å². The van der Waals surface area contributed by atoms with Crippen LogP contribution < -0.4 is 103 Å². The van der Waals surface area contributed by atoms with Gasteiger partial charge in [-0.2, -0.15) is 25.2 Å². The molecule has 144 heavy (non-hydrogen) atoms. The smallest absolute Gasteiger partial charge is 0.229 e. The number of nitriles is 1. The molecule has 4 aliphatic rings. The summed E-state index contributed by atoms with van der Waals surface area (Å²) in [6.07, 6.45) is 11.9. The maximum Gasteiger partial charge on any atom is 0.229 e. The molecule has 764 valence electrons. The summed E-state index contributed by atoms with van der Waals surface area (Å²) in [6, 6.07) is 51.4. The molecule has 1 unspecified atom stereocenters. The molecule has 3 aliphatic heterocycles. The number of morpholine rings is 1. The Morgan fingerprint density at radius 3 is 1.19 bits per heavy atom. The first-order valence-corrected chi connectivity index (χ1v) is 60.1. The lowest BCUT2D eigenvalue weighted by atomic mass is 9.96. The number of benzene rings is 8. The van der Waals surface area contributed by atoms with Crippen LogP contribution in [0, 0.1) is 11.3 Å². The third-order valence-electron chi connectivity index (χ3n) is 24.7. The molecule has 2 atom stereocenters. The molecule has 12 aromatic rings. The lowest BCUT2D eigenvalue weighted by Crippen LogP contribution is -2.52. The fraction of sp³-hybridized carbons (Fsp3) is 0.356. The Morgan fingerprint density at radius 1 is 0.438 bits per heavy atom. The van der Waals surface area contributed by atoms with E-state index < -0.39 is 43.7 Å².